The lowest BCUT2D eigenvalue weighted by molar-refractivity contribution is 0.146. The van der Waals surface area contributed by atoms with Gasteiger partial charge in [0.05, 0.1) is 0 Å². The smallest absolute Gasteiger partial charge is 0.407 e. The van der Waals surface area contributed by atoms with Gasteiger partial charge in [0.25, 0.3) is 0 Å². The monoisotopic (exact) mass is 263 g/mol. The fraction of sp³-hybridized carbons (Fsp3) is 0.909. The Balaban J connectivity index is 4.08. The van der Waals surface area contributed by atoms with Crippen molar-refractivity contribution in [3.63, 3.8) is 0 Å². The lowest BCUT2D eigenvalue weighted by Gasteiger charge is -2.27. The first-order valence-electron chi connectivity index (χ1n) is 6.24. The third-order valence-corrected chi connectivity index (χ3v) is 5.67. The molecule has 0 aromatic carbocycles. The highest BCUT2D eigenvalue weighted by Gasteiger charge is 2.30. The van der Waals surface area contributed by atoms with Crippen LogP contribution in [0.2, 0.25) is 12.6 Å². The summed E-state index contributed by atoms with van der Waals surface area (Å²) in [6, 6.07) is 0.832. The minimum atomic E-state index is -2.08. The highest BCUT2D eigenvalue weighted by atomic mass is 28.4. The van der Waals surface area contributed by atoms with Crippen LogP contribution in [0.1, 0.15) is 27.2 Å². The molecule has 0 saturated carbocycles. The molecule has 0 saturated heterocycles. The Bertz CT molecular complexity index is 220. The van der Waals surface area contributed by atoms with Crippen molar-refractivity contribution in [2.75, 3.05) is 26.3 Å². The van der Waals surface area contributed by atoms with Crippen molar-refractivity contribution < 1.29 is 18.8 Å². The minimum absolute atomic E-state index is 0.525. The first-order chi connectivity index (χ1) is 7.99. The van der Waals surface area contributed by atoms with E-state index in [0.29, 0.717) is 26.3 Å². The Kier molecular flexibility index (Phi) is 8.19. The molecule has 0 rings (SSSR count). The standard InChI is InChI=1S/C11H25NO4Si/c1-5-12(11(13)14)9-8-10-17(4,15-6-2)16-7-3/h5-10H2,1-4H3,(H,13,14). The lowest BCUT2D eigenvalue weighted by Crippen LogP contribution is -2.40. The van der Waals surface area contributed by atoms with E-state index in [2.05, 4.69) is 0 Å². The summed E-state index contributed by atoms with van der Waals surface area (Å²) in [5.41, 5.74) is 0. The topological polar surface area (TPSA) is 59.0 Å². The molecule has 0 aliphatic rings. The molecule has 0 radical (unpaired) electrons. The largest absolute Gasteiger partial charge is 0.465 e. The van der Waals surface area contributed by atoms with Crippen molar-refractivity contribution in [3.8, 4) is 0 Å². The Morgan fingerprint density at radius 2 is 1.76 bits per heavy atom. The summed E-state index contributed by atoms with van der Waals surface area (Å²) in [6.45, 7) is 10.2. The number of amides is 1. The van der Waals surface area contributed by atoms with Crippen LogP contribution in [-0.4, -0.2) is 51.0 Å². The second kappa shape index (κ2) is 8.49. The van der Waals surface area contributed by atoms with Crippen molar-refractivity contribution in [2.45, 2.75) is 39.8 Å². The molecule has 6 heteroatoms. The van der Waals surface area contributed by atoms with Crippen LogP contribution < -0.4 is 0 Å². The predicted molar refractivity (Wildman–Crippen MR) is 69.6 cm³/mol. The molecule has 0 fully saturated rings. The van der Waals surface area contributed by atoms with E-state index in [0.717, 1.165) is 12.5 Å². The molecule has 1 amide bonds. The van der Waals surface area contributed by atoms with Gasteiger partial charge in [-0.05, 0) is 39.8 Å². The zero-order valence-electron chi connectivity index (χ0n) is 11.4. The van der Waals surface area contributed by atoms with Gasteiger partial charge in [0.1, 0.15) is 0 Å². The predicted octanol–water partition coefficient (Wildman–Crippen LogP) is 2.52. The van der Waals surface area contributed by atoms with Gasteiger partial charge in [-0.25, -0.2) is 4.79 Å². The highest BCUT2D eigenvalue weighted by molar-refractivity contribution is 6.66. The molecule has 0 atom stereocenters. The van der Waals surface area contributed by atoms with Gasteiger partial charge in [0, 0.05) is 26.3 Å². The molecular formula is C11H25NO4Si. The maximum Gasteiger partial charge on any atom is 0.407 e. The van der Waals surface area contributed by atoms with Crippen LogP contribution in [-0.2, 0) is 8.85 Å². The van der Waals surface area contributed by atoms with Crippen molar-refractivity contribution in [1.29, 1.82) is 0 Å². The molecule has 0 unspecified atom stereocenters. The molecule has 0 aromatic heterocycles. The van der Waals surface area contributed by atoms with E-state index in [1.54, 1.807) is 0 Å². The molecule has 0 aromatic rings. The van der Waals surface area contributed by atoms with Crippen LogP contribution in [0, 0.1) is 0 Å². The Labute approximate surface area is 105 Å². The molecule has 0 aliphatic carbocycles. The van der Waals surface area contributed by atoms with Gasteiger partial charge in [0.15, 0.2) is 0 Å². The summed E-state index contributed by atoms with van der Waals surface area (Å²) in [6.07, 6.45) is -0.0632. The maximum absolute atomic E-state index is 10.8. The average Bonchev–Trinajstić information content (AvgIpc) is 2.24. The van der Waals surface area contributed by atoms with Gasteiger partial charge in [-0.3, -0.25) is 0 Å². The number of rotatable bonds is 9. The van der Waals surface area contributed by atoms with E-state index >= 15 is 0 Å². The molecule has 17 heavy (non-hydrogen) atoms. The fourth-order valence-electron chi connectivity index (χ4n) is 1.78. The summed E-state index contributed by atoms with van der Waals surface area (Å²) in [5, 5.41) is 8.88. The van der Waals surface area contributed by atoms with Crippen molar-refractivity contribution in [2.24, 2.45) is 0 Å². The van der Waals surface area contributed by atoms with E-state index in [9.17, 15) is 4.79 Å². The van der Waals surface area contributed by atoms with Crippen molar-refractivity contribution in [1.82, 2.24) is 4.90 Å². The Morgan fingerprint density at radius 3 is 2.12 bits per heavy atom. The highest BCUT2D eigenvalue weighted by Crippen LogP contribution is 2.16. The van der Waals surface area contributed by atoms with Gasteiger partial charge in [-0.2, -0.15) is 0 Å². The van der Waals surface area contributed by atoms with E-state index in [-0.39, 0.29) is 0 Å². The van der Waals surface area contributed by atoms with E-state index in [1.165, 1.54) is 4.90 Å². The number of hydrogen-bond donors (Lipinski definition) is 1. The minimum Gasteiger partial charge on any atom is -0.465 e. The quantitative estimate of drug-likeness (QED) is 0.649. The van der Waals surface area contributed by atoms with Crippen molar-refractivity contribution in [3.05, 3.63) is 0 Å². The molecule has 0 bridgehead atoms. The number of nitrogens with zero attached hydrogens (tertiary/aromatic N) is 1. The molecule has 0 heterocycles. The maximum atomic E-state index is 10.8. The zero-order valence-corrected chi connectivity index (χ0v) is 12.4. The van der Waals surface area contributed by atoms with Crippen molar-refractivity contribution >= 4 is 14.7 Å². The first kappa shape index (κ1) is 16.4. The van der Waals surface area contributed by atoms with E-state index in [4.69, 9.17) is 14.0 Å². The molecule has 0 aliphatic heterocycles. The molecule has 0 spiro atoms. The summed E-state index contributed by atoms with van der Waals surface area (Å²) in [5.74, 6) is 0. The number of hydrogen-bond acceptors (Lipinski definition) is 3. The summed E-state index contributed by atoms with van der Waals surface area (Å²) in [4.78, 5) is 12.2. The van der Waals surface area contributed by atoms with Gasteiger partial charge >= 0.3 is 14.7 Å². The molecule has 5 nitrogen and oxygen atoms in total. The van der Waals surface area contributed by atoms with E-state index < -0.39 is 14.7 Å². The number of carbonyl (C=O) groups is 1. The summed E-state index contributed by atoms with van der Waals surface area (Å²) in [7, 11) is -2.08. The summed E-state index contributed by atoms with van der Waals surface area (Å²) >= 11 is 0. The molecule has 1 N–H and O–H groups in total. The average molecular weight is 263 g/mol. The van der Waals surface area contributed by atoms with Gasteiger partial charge in [-0.1, -0.05) is 0 Å². The molecular weight excluding hydrogens is 238 g/mol. The third kappa shape index (κ3) is 6.65. The van der Waals surface area contributed by atoms with Crippen LogP contribution in [0.4, 0.5) is 4.79 Å². The van der Waals surface area contributed by atoms with Crippen LogP contribution >= 0.6 is 0 Å². The Hall–Kier alpha value is -0.593. The third-order valence-electron chi connectivity index (χ3n) is 2.61. The molecule has 102 valence electrons. The van der Waals surface area contributed by atoms with E-state index in [1.807, 2.05) is 27.3 Å². The van der Waals surface area contributed by atoms with Crippen LogP contribution in [0.3, 0.4) is 0 Å². The van der Waals surface area contributed by atoms with Crippen LogP contribution in [0.25, 0.3) is 0 Å². The SMILES string of the molecule is CCO[Si](C)(CCCN(CC)C(=O)O)OCC. The van der Waals surface area contributed by atoms with Gasteiger partial charge in [-0.15, -0.1) is 0 Å². The first-order valence-corrected chi connectivity index (χ1v) is 8.77. The van der Waals surface area contributed by atoms with Gasteiger partial charge < -0.3 is 18.9 Å². The van der Waals surface area contributed by atoms with Crippen LogP contribution in [0.15, 0.2) is 0 Å². The Morgan fingerprint density at radius 1 is 1.24 bits per heavy atom. The number of carboxylic acid groups (broad SMARTS) is 1. The second-order valence-electron chi connectivity index (χ2n) is 3.97. The summed E-state index contributed by atoms with van der Waals surface area (Å²) < 4.78 is 11.4. The zero-order chi connectivity index (χ0) is 13.3. The lowest BCUT2D eigenvalue weighted by atomic mass is 10.4. The fourth-order valence-corrected chi connectivity index (χ4v) is 4.17. The van der Waals surface area contributed by atoms with Gasteiger partial charge in [0.2, 0.25) is 0 Å². The second-order valence-corrected chi connectivity index (χ2v) is 7.31. The normalized spacial score (nSPS) is 11.5. The van der Waals surface area contributed by atoms with Crippen LogP contribution in [0.5, 0.6) is 0 Å².